The molecule has 0 bridgehead atoms. The van der Waals surface area contributed by atoms with Crippen molar-refractivity contribution in [1.82, 2.24) is 0 Å². The summed E-state index contributed by atoms with van der Waals surface area (Å²) in [5.74, 6) is 3.12. The van der Waals surface area contributed by atoms with Crippen LogP contribution in [0, 0.1) is 37.0 Å². The molecule has 1 aromatic carbocycles. The zero-order valence-electron chi connectivity index (χ0n) is 21.6. The lowest BCUT2D eigenvalue weighted by Gasteiger charge is -2.26. The molecule has 1 heteroatoms. The second kappa shape index (κ2) is 13.4. The molecule has 0 saturated heterocycles. The summed E-state index contributed by atoms with van der Waals surface area (Å²) < 4.78 is 0. The summed E-state index contributed by atoms with van der Waals surface area (Å²) in [6.07, 6.45) is 14.5. The maximum Gasteiger partial charge on any atom is 0.121 e. The van der Waals surface area contributed by atoms with Gasteiger partial charge in [0, 0.05) is 0 Å². The molecule has 0 fully saturated rings. The lowest BCUT2D eigenvalue weighted by Crippen LogP contribution is -2.13. The van der Waals surface area contributed by atoms with E-state index in [0.29, 0.717) is 11.2 Å². The van der Waals surface area contributed by atoms with Crippen LogP contribution in [0.1, 0.15) is 122 Å². The van der Waals surface area contributed by atoms with Crippen LogP contribution < -0.4 is 0 Å². The van der Waals surface area contributed by atoms with E-state index >= 15 is 0 Å². The number of rotatable bonds is 15. The van der Waals surface area contributed by atoms with Crippen molar-refractivity contribution in [3.63, 3.8) is 0 Å². The van der Waals surface area contributed by atoms with Crippen molar-refractivity contribution in [1.29, 1.82) is 0 Å². The molecule has 1 aromatic rings. The molecule has 1 N–H and O–H groups in total. The van der Waals surface area contributed by atoms with E-state index in [1.807, 2.05) is 13.0 Å². The van der Waals surface area contributed by atoms with Gasteiger partial charge in [-0.1, -0.05) is 105 Å². The molecule has 2 atom stereocenters. The van der Waals surface area contributed by atoms with Crippen molar-refractivity contribution in [2.75, 3.05) is 0 Å². The lowest BCUT2D eigenvalue weighted by molar-refractivity contribution is 0.281. The molecule has 30 heavy (non-hydrogen) atoms. The van der Waals surface area contributed by atoms with Crippen molar-refractivity contribution in [3.8, 4) is 5.75 Å². The van der Waals surface area contributed by atoms with E-state index in [0.717, 1.165) is 41.7 Å². The molecule has 1 rings (SSSR count). The van der Waals surface area contributed by atoms with Gasteiger partial charge in [-0.15, -0.1) is 0 Å². The van der Waals surface area contributed by atoms with Gasteiger partial charge in [0.05, 0.1) is 0 Å². The van der Waals surface area contributed by atoms with E-state index in [1.54, 1.807) is 0 Å². The highest BCUT2D eigenvalue weighted by Gasteiger charge is 2.20. The van der Waals surface area contributed by atoms with Crippen LogP contribution in [0.5, 0.6) is 5.75 Å². The fourth-order valence-corrected chi connectivity index (χ4v) is 4.67. The molecule has 0 amide bonds. The molecule has 0 aliphatic rings. The minimum absolute atomic E-state index is 0.341. The average Bonchev–Trinajstić information content (AvgIpc) is 2.64. The Bertz CT molecular complexity index is 599. The summed E-state index contributed by atoms with van der Waals surface area (Å²) in [4.78, 5) is 0. The van der Waals surface area contributed by atoms with E-state index in [9.17, 15) is 5.11 Å². The highest BCUT2D eigenvalue weighted by molar-refractivity contribution is 5.44. The number of benzene rings is 1. The molecule has 174 valence electrons. The predicted molar refractivity (Wildman–Crippen MR) is 134 cm³/mol. The number of hydrogen-bond acceptors (Lipinski definition) is 1. The Hall–Kier alpha value is -0.980. The van der Waals surface area contributed by atoms with E-state index in [-0.39, 0.29) is 0 Å². The largest absolute Gasteiger partial charge is 0.507 e. The summed E-state index contributed by atoms with van der Waals surface area (Å²) in [5, 5.41) is 10.4. The molecule has 2 unspecified atom stereocenters. The van der Waals surface area contributed by atoms with Crippen molar-refractivity contribution in [3.05, 3.63) is 28.8 Å². The van der Waals surface area contributed by atoms with Gasteiger partial charge in [-0.05, 0) is 73.0 Å². The van der Waals surface area contributed by atoms with E-state index in [4.69, 9.17) is 0 Å². The van der Waals surface area contributed by atoms with Crippen molar-refractivity contribution >= 4 is 0 Å². The van der Waals surface area contributed by atoms with Crippen molar-refractivity contribution in [2.24, 2.45) is 23.2 Å². The Morgan fingerprint density at radius 3 is 1.80 bits per heavy atom. The van der Waals surface area contributed by atoms with E-state index in [1.165, 1.54) is 63.4 Å². The average molecular weight is 417 g/mol. The minimum atomic E-state index is 0.341. The molecule has 0 heterocycles. The van der Waals surface area contributed by atoms with Gasteiger partial charge in [0.1, 0.15) is 5.75 Å². The van der Waals surface area contributed by atoms with Crippen LogP contribution >= 0.6 is 0 Å². The smallest absolute Gasteiger partial charge is 0.121 e. The van der Waals surface area contributed by atoms with Crippen LogP contribution in [-0.4, -0.2) is 5.11 Å². The molecule has 0 spiro atoms. The first-order chi connectivity index (χ1) is 14.0. The van der Waals surface area contributed by atoms with Gasteiger partial charge in [-0.25, -0.2) is 0 Å². The summed E-state index contributed by atoms with van der Waals surface area (Å²) in [5.41, 5.74) is 3.71. The van der Waals surface area contributed by atoms with Gasteiger partial charge in [0.15, 0.2) is 0 Å². The Balaban J connectivity index is 2.24. The second-order valence-electron chi connectivity index (χ2n) is 11.5. The molecule has 0 radical (unpaired) electrons. The van der Waals surface area contributed by atoms with Crippen molar-refractivity contribution < 1.29 is 5.11 Å². The summed E-state index contributed by atoms with van der Waals surface area (Å²) >= 11 is 0. The second-order valence-corrected chi connectivity index (χ2v) is 11.5. The summed E-state index contributed by atoms with van der Waals surface area (Å²) in [6.45, 7) is 18.5. The zero-order valence-corrected chi connectivity index (χ0v) is 21.6. The van der Waals surface area contributed by atoms with Crippen LogP contribution in [0.3, 0.4) is 0 Å². The van der Waals surface area contributed by atoms with Crippen molar-refractivity contribution in [2.45, 2.75) is 126 Å². The Morgan fingerprint density at radius 1 is 0.733 bits per heavy atom. The summed E-state index contributed by atoms with van der Waals surface area (Å²) in [6, 6.07) is 4.16. The minimum Gasteiger partial charge on any atom is -0.507 e. The first-order valence-electron chi connectivity index (χ1n) is 12.8. The molecule has 0 saturated carbocycles. The summed E-state index contributed by atoms with van der Waals surface area (Å²) in [7, 11) is 0. The number of phenols is 1. The Labute approximate surface area is 189 Å². The van der Waals surface area contributed by atoms with E-state index in [2.05, 4.69) is 54.5 Å². The van der Waals surface area contributed by atoms with Gasteiger partial charge >= 0.3 is 0 Å². The standard InChI is InChI=1S/C29H52O/c1-22(2)12-9-13-23(3)14-10-15-24(4)16-11-20-29(7,8)21-19-27-25(5)17-18-26(6)28(27)30/h17-18,22-24,30H,9-16,19-21H2,1-8H3. The van der Waals surface area contributed by atoms with Gasteiger partial charge in [-0.3, -0.25) is 0 Å². The fraction of sp³-hybridized carbons (Fsp3) is 0.793. The number of hydrogen-bond donors (Lipinski definition) is 1. The van der Waals surface area contributed by atoms with Crippen LogP contribution in [0.2, 0.25) is 0 Å². The number of aryl methyl sites for hydroxylation is 2. The topological polar surface area (TPSA) is 20.2 Å². The highest BCUT2D eigenvalue weighted by atomic mass is 16.3. The molecule has 0 aromatic heterocycles. The molecule has 0 aliphatic carbocycles. The van der Waals surface area contributed by atoms with Gasteiger partial charge in [0.2, 0.25) is 0 Å². The molecular weight excluding hydrogens is 364 g/mol. The number of phenolic OH excluding ortho intramolecular Hbond substituents is 1. The number of aromatic hydroxyl groups is 1. The first-order valence-corrected chi connectivity index (χ1v) is 12.8. The maximum absolute atomic E-state index is 10.4. The fourth-order valence-electron chi connectivity index (χ4n) is 4.67. The third-order valence-electron chi connectivity index (χ3n) is 7.19. The van der Waals surface area contributed by atoms with Crippen LogP contribution in [-0.2, 0) is 6.42 Å². The zero-order chi connectivity index (χ0) is 22.7. The maximum atomic E-state index is 10.4. The predicted octanol–water partition coefficient (Wildman–Crippen LogP) is 9.41. The third kappa shape index (κ3) is 10.9. The normalized spacial score (nSPS) is 14.3. The third-order valence-corrected chi connectivity index (χ3v) is 7.19. The molecule has 0 aliphatic heterocycles. The molecular formula is C29H52O. The van der Waals surface area contributed by atoms with Gasteiger partial charge < -0.3 is 5.11 Å². The van der Waals surface area contributed by atoms with Gasteiger partial charge in [-0.2, -0.15) is 0 Å². The highest BCUT2D eigenvalue weighted by Crippen LogP contribution is 2.34. The molecule has 1 nitrogen and oxygen atoms in total. The van der Waals surface area contributed by atoms with Crippen LogP contribution in [0.25, 0.3) is 0 Å². The SMILES string of the molecule is Cc1ccc(C)c(CCC(C)(C)CCCC(C)CCCC(C)CCCC(C)C)c1O. The first kappa shape index (κ1) is 27.1. The monoisotopic (exact) mass is 416 g/mol. The quantitative estimate of drug-likeness (QED) is 0.302. The van der Waals surface area contributed by atoms with Gasteiger partial charge in [0.25, 0.3) is 0 Å². The van der Waals surface area contributed by atoms with E-state index < -0.39 is 0 Å². The van der Waals surface area contributed by atoms with Crippen LogP contribution in [0.15, 0.2) is 12.1 Å². The van der Waals surface area contributed by atoms with Crippen LogP contribution in [0.4, 0.5) is 0 Å². The Morgan fingerprint density at radius 2 is 1.23 bits per heavy atom. The lowest BCUT2D eigenvalue weighted by atomic mass is 9.80. The Kier molecular flexibility index (Phi) is 12.1.